The van der Waals surface area contributed by atoms with E-state index >= 15 is 0 Å². The smallest absolute Gasteiger partial charge is 0.252 e. The second kappa shape index (κ2) is 7.93. The van der Waals surface area contributed by atoms with Gasteiger partial charge in [0, 0.05) is 24.7 Å². The van der Waals surface area contributed by atoms with Gasteiger partial charge in [-0.25, -0.2) is 4.98 Å². The number of nitrogens with one attached hydrogen (secondary N) is 2. The molecule has 2 atom stereocenters. The largest absolute Gasteiger partial charge is 0.486 e. The van der Waals surface area contributed by atoms with Crippen LogP contribution >= 0.6 is 11.6 Å². The van der Waals surface area contributed by atoms with E-state index in [4.69, 9.17) is 21.1 Å². The molecule has 0 unspecified atom stereocenters. The molecule has 2 N–H and O–H groups in total. The summed E-state index contributed by atoms with van der Waals surface area (Å²) in [6, 6.07) is 9.03. The van der Waals surface area contributed by atoms with Crippen molar-refractivity contribution < 1.29 is 9.47 Å². The number of aromatic amines is 1. The second-order valence-electron chi connectivity index (χ2n) is 6.68. The molecule has 28 heavy (non-hydrogen) atoms. The number of nitrogens with zero attached hydrogens (tertiary/aromatic N) is 3. The molecule has 0 amide bonds. The molecule has 1 aromatic carbocycles. The molecule has 8 nitrogen and oxygen atoms in total. The van der Waals surface area contributed by atoms with E-state index in [0.29, 0.717) is 42.1 Å². The van der Waals surface area contributed by atoms with Gasteiger partial charge in [0.15, 0.2) is 11.5 Å². The second-order valence-corrected chi connectivity index (χ2v) is 7.12. The fourth-order valence-corrected chi connectivity index (χ4v) is 3.16. The van der Waals surface area contributed by atoms with Crippen molar-refractivity contribution in [3.8, 4) is 11.5 Å². The van der Waals surface area contributed by atoms with Gasteiger partial charge < -0.3 is 14.8 Å². The maximum atomic E-state index is 12.1. The van der Waals surface area contributed by atoms with Crippen LogP contribution in [0.5, 0.6) is 11.5 Å². The van der Waals surface area contributed by atoms with Crippen LogP contribution in [0.2, 0.25) is 5.02 Å². The predicted octanol–water partition coefficient (Wildman–Crippen LogP) is 2.68. The minimum atomic E-state index is -0.219. The van der Waals surface area contributed by atoms with E-state index in [9.17, 15) is 4.79 Å². The zero-order chi connectivity index (χ0) is 19.5. The molecule has 146 valence electrons. The number of hydrogen-bond donors (Lipinski definition) is 2. The lowest BCUT2D eigenvalue weighted by atomic mass is 10.1. The van der Waals surface area contributed by atoms with Gasteiger partial charge in [0.1, 0.15) is 12.7 Å². The molecule has 1 aliphatic heterocycles. The fourth-order valence-electron chi connectivity index (χ4n) is 3.00. The van der Waals surface area contributed by atoms with Crippen molar-refractivity contribution in [3.05, 3.63) is 63.8 Å². The highest BCUT2D eigenvalue weighted by Gasteiger charge is 2.20. The lowest BCUT2D eigenvalue weighted by molar-refractivity contribution is 0.0996. The number of aromatic nitrogens is 4. The Bertz CT molecular complexity index is 1020. The Morgan fingerprint density at radius 2 is 2.21 bits per heavy atom. The van der Waals surface area contributed by atoms with Gasteiger partial charge in [0.25, 0.3) is 5.56 Å². The van der Waals surface area contributed by atoms with Gasteiger partial charge in [-0.3, -0.25) is 14.5 Å². The highest BCUT2D eigenvalue weighted by molar-refractivity contribution is 6.30. The van der Waals surface area contributed by atoms with Crippen molar-refractivity contribution in [2.45, 2.75) is 25.5 Å². The van der Waals surface area contributed by atoms with E-state index in [1.807, 2.05) is 31.2 Å². The highest BCUT2D eigenvalue weighted by Crippen LogP contribution is 2.30. The molecule has 2 aromatic heterocycles. The normalized spacial score (nSPS) is 16.6. The first-order valence-electron chi connectivity index (χ1n) is 8.98. The number of fused-ring (bicyclic) bond motifs is 1. The summed E-state index contributed by atoms with van der Waals surface area (Å²) in [7, 11) is 0. The lowest BCUT2D eigenvalue weighted by Crippen LogP contribution is -2.36. The minimum absolute atomic E-state index is 0.0139. The Kier molecular flexibility index (Phi) is 5.21. The van der Waals surface area contributed by atoms with Crippen LogP contribution in [0.1, 0.15) is 18.5 Å². The molecule has 0 bridgehead atoms. The molecule has 0 spiro atoms. The number of hydrogen-bond acceptors (Lipinski definition) is 6. The van der Waals surface area contributed by atoms with E-state index in [1.54, 1.807) is 17.1 Å². The number of benzene rings is 1. The number of halogens is 1. The summed E-state index contributed by atoms with van der Waals surface area (Å²) in [5.41, 5.74) is 0.452. The molecule has 1 aliphatic rings. The summed E-state index contributed by atoms with van der Waals surface area (Å²) in [4.78, 5) is 19.3. The summed E-state index contributed by atoms with van der Waals surface area (Å²) in [6.07, 6.45) is 3.13. The third-order valence-electron chi connectivity index (χ3n) is 4.39. The maximum absolute atomic E-state index is 12.1. The van der Waals surface area contributed by atoms with E-state index < -0.39 is 0 Å². The number of H-pyrrole nitrogens is 1. The van der Waals surface area contributed by atoms with Crippen LogP contribution in [-0.4, -0.2) is 39.0 Å². The molecule has 0 fully saturated rings. The van der Waals surface area contributed by atoms with Crippen LogP contribution in [0.3, 0.4) is 0 Å². The average Bonchev–Trinajstić information content (AvgIpc) is 3.10. The number of anilines is 1. The Morgan fingerprint density at radius 3 is 3.00 bits per heavy atom. The average molecular weight is 402 g/mol. The predicted molar refractivity (Wildman–Crippen MR) is 105 cm³/mol. The number of rotatable bonds is 6. The van der Waals surface area contributed by atoms with E-state index in [0.717, 1.165) is 5.75 Å². The van der Waals surface area contributed by atoms with Crippen LogP contribution in [-0.2, 0) is 6.54 Å². The maximum Gasteiger partial charge on any atom is 0.252 e. The monoisotopic (exact) mass is 401 g/mol. The SMILES string of the molecule is C[C@H](Cn1cc(Cl)cn1)c1cc(=O)[nH]c(NC[C@H]2COc3ccccc3O2)n1. The van der Waals surface area contributed by atoms with Gasteiger partial charge >= 0.3 is 0 Å². The third kappa shape index (κ3) is 4.28. The Hall–Kier alpha value is -3.00. The summed E-state index contributed by atoms with van der Waals surface area (Å²) in [5, 5.41) is 7.87. The lowest BCUT2D eigenvalue weighted by Gasteiger charge is -2.26. The van der Waals surface area contributed by atoms with E-state index in [-0.39, 0.29) is 17.6 Å². The third-order valence-corrected chi connectivity index (χ3v) is 4.59. The van der Waals surface area contributed by atoms with E-state index in [2.05, 4.69) is 20.4 Å². The zero-order valence-corrected chi connectivity index (χ0v) is 16.0. The minimum Gasteiger partial charge on any atom is -0.486 e. The number of ether oxygens (including phenoxy) is 2. The van der Waals surface area contributed by atoms with E-state index in [1.165, 1.54) is 6.07 Å². The van der Waals surface area contributed by atoms with Gasteiger partial charge in [-0.15, -0.1) is 0 Å². The van der Waals surface area contributed by atoms with Crippen molar-refractivity contribution in [2.24, 2.45) is 0 Å². The first kappa shape index (κ1) is 18.4. The van der Waals surface area contributed by atoms with Crippen LogP contribution in [0.25, 0.3) is 0 Å². The van der Waals surface area contributed by atoms with Crippen LogP contribution < -0.4 is 20.3 Å². The zero-order valence-electron chi connectivity index (χ0n) is 15.3. The van der Waals surface area contributed by atoms with Crippen molar-refractivity contribution in [1.29, 1.82) is 0 Å². The molecule has 9 heteroatoms. The molecule has 3 heterocycles. The Morgan fingerprint density at radius 1 is 1.39 bits per heavy atom. The Labute approximate surface area is 166 Å². The van der Waals surface area contributed by atoms with Crippen LogP contribution in [0, 0.1) is 0 Å². The molecule has 4 rings (SSSR count). The Balaban J connectivity index is 1.40. The first-order chi connectivity index (χ1) is 13.6. The quantitative estimate of drug-likeness (QED) is 0.659. The summed E-state index contributed by atoms with van der Waals surface area (Å²) in [5.74, 6) is 1.83. The van der Waals surface area contributed by atoms with Crippen molar-refractivity contribution in [2.75, 3.05) is 18.5 Å². The van der Waals surface area contributed by atoms with Gasteiger partial charge in [0.2, 0.25) is 5.95 Å². The summed E-state index contributed by atoms with van der Waals surface area (Å²) < 4.78 is 13.3. The van der Waals surface area contributed by atoms with Crippen molar-refractivity contribution >= 4 is 17.5 Å². The van der Waals surface area contributed by atoms with Gasteiger partial charge in [-0.1, -0.05) is 30.7 Å². The van der Waals surface area contributed by atoms with Crippen molar-refractivity contribution in [1.82, 2.24) is 19.7 Å². The topological polar surface area (TPSA) is 94.1 Å². The fraction of sp³-hybridized carbons (Fsp3) is 0.316. The van der Waals surface area contributed by atoms with Gasteiger partial charge in [-0.05, 0) is 12.1 Å². The number of para-hydroxylation sites is 2. The molecule has 3 aromatic rings. The molecule has 0 aliphatic carbocycles. The van der Waals surface area contributed by atoms with Gasteiger partial charge in [-0.2, -0.15) is 5.10 Å². The first-order valence-corrected chi connectivity index (χ1v) is 9.36. The van der Waals surface area contributed by atoms with Crippen LogP contribution in [0.15, 0.2) is 47.5 Å². The standard InChI is InChI=1S/C19H20ClN5O3/c1-12(9-25-10-13(20)7-22-25)15-6-18(26)24-19(23-15)21-8-14-11-27-16-4-2-3-5-17(16)28-14/h2-7,10,12,14H,8-9,11H2,1H3,(H2,21,23,24,26)/t12-,14+/m1/s1. The summed E-state index contributed by atoms with van der Waals surface area (Å²) >= 11 is 5.90. The molecular formula is C19H20ClN5O3. The van der Waals surface area contributed by atoms with Gasteiger partial charge in [0.05, 0.1) is 23.5 Å². The highest BCUT2D eigenvalue weighted by atomic mass is 35.5. The molecule has 0 saturated carbocycles. The molecule has 0 radical (unpaired) electrons. The van der Waals surface area contributed by atoms with Crippen LogP contribution in [0.4, 0.5) is 5.95 Å². The van der Waals surface area contributed by atoms with Crippen molar-refractivity contribution in [3.63, 3.8) is 0 Å². The summed E-state index contributed by atoms with van der Waals surface area (Å²) in [6.45, 7) is 3.42. The molecular weight excluding hydrogens is 382 g/mol. The molecule has 0 saturated heterocycles.